The molecule has 1 aromatic heterocycles. The van der Waals surface area contributed by atoms with Crippen molar-refractivity contribution < 1.29 is 0 Å². The summed E-state index contributed by atoms with van der Waals surface area (Å²) in [5.74, 6) is 0.583. The number of aromatic nitrogens is 2. The maximum atomic E-state index is 6.31. The van der Waals surface area contributed by atoms with Gasteiger partial charge in [0.2, 0.25) is 0 Å². The Hall–Kier alpha value is -1.61. The van der Waals surface area contributed by atoms with Gasteiger partial charge in [-0.2, -0.15) is 0 Å². The Labute approximate surface area is 128 Å². The lowest BCUT2D eigenvalue weighted by atomic mass is 10.0. The number of hydrogen-bond acceptors (Lipinski definition) is 2. The highest BCUT2D eigenvalue weighted by molar-refractivity contribution is 5.37. The van der Waals surface area contributed by atoms with Crippen molar-refractivity contribution in [2.45, 2.75) is 52.5 Å². The van der Waals surface area contributed by atoms with E-state index in [0.717, 1.165) is 24.2 Å². The third-order valence-corrected chi connectivity index (χ3v) is 3.81. The largest absolute Gasteiger partial charge is 0.323 e. The number of nitrogens with zero attached hydrogens (tertiary/aromatic N) is 2. The third kappa shape index (κ3) is 4.18. The number of benzene rings is 1. The van der Waals surface area contributed by atoms with Crippen LogP contribution in [0.3, 0.4) is 0 Å². The molecule has 1 aromatic carbocycles. The summed E-state index contributed by atoms with van der Waals surface area (Å²) in [5.41, 5.74) is 9.94. The molecular formula is C18H27N3. The minimum absolute atomic E-state index is 0.0345. The summed E-state index contributed by atoms with van der Waals surface area (Å²) in [5, 5.41) is 0. The molecule has 0 aliphatic carbocycles. The van der Waals surface area contributed by atoms with Gasteiger partial charge in [0.05, 0.1) is 18.2 Å². The molecule has 0 saturated carbocycles. The number of unbranched alkanes of at least 4 members (excludes halogenated alkanes) is 1. The fourth-order valence-corrected chi connectivity index (χ4v) is 2.63. The molecule has 0 spiro atoms. The van der Waals surface area contributed by atoms with Crippen molar-refractivity contribution in [1.82, 2.24) is 9.55 Å². The maximum absolute atomic E-state index is 6.31. The topological polar surface area (TPSA) is 43.8 Å². The number of aryl methyl sites for hydroxylation is 1. The number of rotatable bonds is 7. The van der Waals surface area contributed by atoms with Crippen LogP contribution in [-0.4, -0.2) is 9.55 Å². The highest BCUT2D eigenvalue weighted by atomic mass is 15.1. The van der Waals surface area contributed by atoms with Crippen molar-refractivity contribution >= 4 is 0 Å². The van der Waals surface area contributed by atoms with E-state index in [4.69, 9.17) is 5.73 Å². The Morgan fingerprint density at radius 3 is 2.52 bits per heavy atom. The summed E-state index contributed by atoms with van der Waals surface area (Å²) in [6.45, 7) is 6.62. The maximum Gasteiger partial charge on any atom is 0.0994 e. The SMILES string of the molecule is CCCCc1ccc(-n2cncc2C(N)CC(C)C)cc1. The van der Waals surface area contributed by atoms with Gasteiger partial charge >= 0.3 is 0 Å². The average Bonchev–Trinajstić information content (AvgIpc) is 2.94. The summed E-state index contributed by atoms with van der Waals surface area (Å²) < 4.78 is 2.11. The van der Waals surface area contributed by atoms with Crippen molar-refractivity contribution in [3.8, 4) is 5.69 Å². The lowest BCUT2D eigenvalue weighted by molar-refractivity contribution is 0.498. The van der Waals surface area contributed by atoms with Crippen molar-refractivity contribution in [2.24, 2.45) is 11.7 Å². The van der Waals surface area contributed by atoms with E-state index in [1.165, 1.54) is 18.4 Å². The molecule has 0 fully saturated rings. The van der Waals surface area contributed by atoms with E-state index in [1.807, 2.05) is 12.5 Å². The zero-order valence-electron chi connectivity index (χ0n) is 13.4. The van der Waals surface area contributed by atoms with Gasteiger partial charge in [-0.3, -0.25) is 0 Å². The molecule has 0 bridgehead atoms. The smallest absolute Gasteiger partial charge is 0.0994 e. The van der Waals surface area contributed by atoms with Crippen LogP contribution < -0.4 is 5.73 Å². The predicted octanol–water partition coefficient (Wildman–Crippen LogP) is 4.26. The molecule has 0 saturated heterocycles. The number of imidazole rings is 1. The minimum Gasteiger partial charge on any atom is -0.323 e. The molecule has 0 aliphatic heterocycles. The Morgan fingerprint density at radius 1 is 1.19 bits per heavy atom. The molecule has 3 heteroatoms. The Morgan fingerprint density at radius 2 is 1.90 bits per heavy atom. The highest BCUT2D eigenvalue weighted by Crippen LogP contribution is 2.22. The molecule has 1 unspecified atom stereocenters. The van der Waals surface area contributed by atoms with Crippen LogP contribution in [0.25, 0.3) is 5.69 Å². The van der Waals surface area contributed by atoms with Gasteiger partial charge in [-0.15, -0.1) is 0 Å². The Balaban J connectivity index is 2.17. The predicted molar refractivity (Wildman–Crippen MR) is 88.6 cm³/mol. The van der Waals surface area contributed by atoms with Gasteiger partial charge in [0.15, 0.2) is 0 Å². The van der Waals surface area contributed by atoms with E-state index < -0.39 is 0 Å². The van der Waals surface area contributed by atoms with E-state index in [-0.39, 0.29) is 6.04 Å². The normalized spacial score (nSPS) is 12.8. The van der Waals surface area contributed by atoms with E-state index in [9.17, 15) is 0 Å². The summed E-state index contributed by atoms with van der Waals surface area (Å²) in [6.07, 6.45) is 8.35. The third-order valence-electron chi connectivity index (χ3n) is 3.81. The highest BCUT2D eigenvalue weighted by Gasteiger charge is 2.14. The van der Waals surface area contributed by atoms with Crippen molar-refractivity contribution in [3.05, 3.63) is 48.0 Å². The second-order valence-corrected chi connectivity index (χ2v) is 6.19. The van der Waals surface area contributed by atoms with Crippen LogP contribution in [0.2, 0.25) is 0 Å². The van der Waals surface area contributed by atoms with Gasteiger partial charge in [-0.1, -0.05) is 39.3 Å². The molecule has 114 valence electrons. The second-order valence-electron chi connectivity index (χ2n) is 6.19. The van der Waals surface area contributed by atoms with Gasteiger partial charge < -0.3 is 10.3 Å². The van der Waals surface area contributed by atoms with Crippen molar-refractivity contribution in [2.75, 3.05) is 0 Å². The van der Waals surface area contributed by atoms with E-state index in [1.54, 1.807) is 0 Å². The molecule has 1 atom stereocenters. The first-order valence-electron chi connectivity index (χ1n) is 7.99. The molecule has 21 heavy (non-hydrogen) atoms. The molecule has 2 rings (SSSR count). The molecular weight excluding hydrogens is 258 g/mol. The van der Waals surface area contributed by atoms with Crippen molar-refractivity contribution in [1.29, 1.82) is 0 Å². The van der Waals surface area contributed by atoms with Crippen LogP contribution in [-0.2, 0) is 6.42 Å². The lowest BCUT2D eigenvalue weighted by Crippen LogP contribution is -2.16. The summed E-state index contributed by atoms with van der Waals surface area (Å²) in [6, 6.07) is 8.79. The molecule has 2 N–H and O–H groups in total. The fourth-order valence-electron chi connectivity index (χ4n) is 2.63. The second kappa shape index (κ2) is 7.41. The molecule has 2 aromatic rings. The van der Waals surface area contributed by atoms with Crippen LogP contribution >= 0.6 is 0 Å². The van der Waals surface area contributed by atoms with Gasteiger partial charge in [-0.05, 0) is 42.9 Å². The fraction of sp³-hybridized carbons (Fsp3) is 0.500. The van der Waals surface area contributed by atoms with Crippen LogP contribution in [0.15, 0.2) is 36.8 Å². The van der Waals surface area contributed by atoms with Crippen LogP contribution in [0, 0.1) is 5.92 Å². The number of nitrogens with two attached hydrogens (primary N) is 1. The molecule has 0 radical (unpaired) electrons. The van der Waals surface area contributed by atoms with E-state index >= 15 is 0 Å². The number of hydrogen-bond donors (Lipinski definition) is 1. The zero-order chi connectivity index (χ0) is 15.2. The summed E-state index contributed by atoms with van der Waals surface area (Å²) in [7, 11) is 0. The Bertz CT molecular complexity index is 540. The Kier molecular flexibility index (Phi) is 5.57. The first-order valence-corrected chi connectivity index (χ1v) is 7.99. The van der Waals surface area contributed by atoms with E-state index in [2.05, 4.69) is 54.6 Å². The van der Waals surface area contributed by atoms with Gasteiger partial charge in [-0.25, -0.2) is 4.98 Å². The molecule has 0 aliphatic rings. The first-order chi connectivity index (χ1) is 10.1. The van der Waals surface area contributed by atoms with E-state index in [0.29, 0.717) is 5.92 Å². The first kappa shape index (κ1) is 15.8. The van der Waals surface area contributed by atoms with Crippen LogP contribution in [0.5, 0.6) is 0 Å². The monoisotopic (exact) mass is 285 g/mol. The summed E-state index contributed by atoms with van der Waals surface area (Å²) >= 11 is 0. The lowest BCUT2D eigenvalue weighted by Gasteiger charge is -2.16. The van der Waals surface area contributed by atoms with Crippen molar-refractivity contribution in [3.63, 3.8) is 0 Å². The molecule has 3 nitrogen and oxygen atoms in total. The quantitative estimate of drug-likeness (QED) is 0.826. The van der Waals surface area contributed by atoms with Gasteiger partial charge in [0, 0.05) is 11.7 Å². The van der Waals surface area contributed by atoms with Gasteiger partial charge in [0.25, 0.3) is 0 Å². The van der Waals surface area contributed by atoms with Crippen LogP contribution in [0.4, 0.5) is 0 Å². The standard InChI is InChI=1S/C18H27N3/c1-4-5-6-15-7-9-16(10-8-15)21-13-20-12-18(21)17(19)11-14(2)3/h7-10,12-14,17H,4-6,11,19H2,1-3H3. The minimum atomic E-state index is 0.0345. The zero-order valence-corrected chi connectivity index (χ0v) is 13.4. The summed E-state index contributed by atoms with van der Waals surface area (Å²) in [4.78, 5) is 4.28. The molecule has 0 amide bonds. The average molecular weight is 285 g/mol. The molecule has 1 heterocycles. The van der Waals surface area contributed by atoms with Gasteiger partial charge in [0.1, 0.15) is 0 Å². The van der Waals surface area contributed by atoms with Crippen LogP contribution in [0.1, 0.15) is 57.3 Å².